The lowest BCUT2D eigenvalue weighted by Gasteiger charge is -2.17. The van der Waals surface area contributed by atoms with Gasteiger partial charge in [0.05, 0.1) is 0 Å². The Kier molecular flexibility index (Phi) is 3.76. The number of ketones is 1. The van der Waals surface area contributed by atoms with E-state index in [9.17, 15) is 4.79 Å². The maximum atomic E-state index is 11.4. The van der Waals surface area contributed by atoms with Crippen molar-refractivity contribution in [1.82, 2.24) is 4.90 Å². The summed E-state index contributed by atoms with van der Waals surface area (Å²) in [7, 11) is 0. The Labute approximate surface area is 91.5 Å². The Morgan fingerprint density at radius 3 is 2.87 bits per heavy atom. The molecular formula is C12H21NO2. The molecule has 2 unspecified atom stereocenters. The first-order valence-corrected chi connectivity index (χ1v) is 6.15. The number of carbonyl (C=O) groups excluding carboxylic acids is 1. The highest BCUT2D eigenvalue weighted by molar-refractivity contribution is 5.82. The summed E-state index contributed by atoms with van der Waals surface area (Å²) in [6.45, 7) is 3.50. The molecule has 1 aliphatic carbocycles. The van der Waals surface area contributed by atoms with Gasteiger partial charge in [0, 0.05) is 25.5 Å². The third-order valence-corrected chi connectivity index (χ3v) is 3.85. The molecule has 0 amide bonds. The van der Waals surface area contributed by atoms with Crippen LogP contribution in [0.1, 0.15) is 32.1 Å². The van der Waals surface area contributed by atoms with E-state index in [-0.39, 0.29) is 0 Å². The van der Waals surface area contributed by atoms with Crippen LogP contribution in [-0.4, -0.2) is 42.0 Å². The second-order valence-corrected chi connectivity index (χ2v) is 4.98. The predicted molar refractivity (Wildman–Crippen MR) is 58.6 cm³/mol. The lowest BCUT2D eigenvalue weighted by molar-refractivity contribution is -0.120. The van der Waals surface area contributed by atoms with Gasteiger partial charge in [0.15, 0.2) is 0 Å². The van der Waals surface area contributed by atoms with Crippen molar-refractivity contribution < 1.29 is 9.90 Å². The summed E-state index contributed by atoms with van der Waals surface area (Å²) in [6.07, 6.45) is 5.18. The molecular weight excluding hydrogens is 190 g/mol. The van der Waals surface area contributed by atoms with Crippen molar-refractivity contribution in [3.8, 4) is 0 Å². The molecule has 0 aromatic carbocycles. The molecule has 3 heteroatoms. The molecule has 1 saturated carbocycles. The van der Waals surface area contributed by atoms with Crippen molar-refractivity contribution in [2.75, 3.05) is 26.2 Å². The van der Waals surface area contributed by atoms with Crippen LogP contribution in [0.4, 0.5) is 0 Å². The molecule has 2 aliphatic rings. The third-order valence-electron chi connectivity index (χ3n) is 3.85. The fraction of sp³-hybridized carbons (Fsp3) is 0.917. The number of Topliss-reactive ketones (excluding diaryl/α,β-unsaturated/α-hetero) is 1. The van der Waals surface area contributed by atoms with E-state index in [4.69, 9.17) is 5.11 Å². The molecule has 1 saturated heterocycles. The number of hydrogen-bond acceptors (Lipinski definition) is 3. The van der Waals surface area contributed by atoms with Gasteiger partial charge in [0.25, 0.3) is 0 Å². The number of aliphatic hydroxyl groups excluding tert-OH is 1. The van der Waals surface area contributed by atoms with Crippen molar-refractivity contribution in [2.24, 2.45) is 11.8 Å². The second kappa shape index (κ2) is 5.08. The van der Waals surface area contributed by atoms with Crippen LogP contribution in [0.15, 0.2) is 0 Å². The van der Waals surface area contributed by atoms with E-state index >= 15 is 0 Å². The Balaban J connectivity index is 1.68. The number of rotatable bonds is 4. The molecule has 86 valence electrons. The molecule has 2 rings (SSSR count). The first-order valence-electron chi connectivity index (χ1n) is 6.15. The van der Waals surface area contributed by atoms with E-state index in [1.807, 2.05) is 0 Å². The molecule has 0 aromatic heterocycles. The lowest BCUT2D eigenvalue weighted by Crippen LogP contribution is -2.25. The van der Waals surface area contributed by atoms with E-state index in [1.54, 1.807) is 0 Å². The van der Waals surface area contributed by atoms with Gasteiger partial charge in [-0.2, -0.15) is 0 Å². The van der Waals surface area contributed by atoms with Gasteiger partial charge in [-0.1, -0.05) is 0 Å². The quantitative estimate of drug-likeness (QED) is 0.756. The molecule has 0 aromatic rings. The topological polar surface area (TPSA) is 40.5 Å². The molecule has 15 heavy (non-hydrogen) atoms. The summed E-state index contributed by atoms with van der Waals surface area (Å²) in [5, 5.41) is 9.02. The number of carbonyl (C=O) groups is 1. The summed E-state index contributed by atoms with van der Waals surface area (Å²) >= 11 is 0. The van der Waals surface area contributed by atoms with Crippen molar-refractivity contribution in [3.63, 3.8) is 0 Å². The molecule has 0 radical (unpaired) electrons. The molecule has 2 fully saturated rings. The normalized spacial score (nSPS) is 32.7. The summed E-state index contributed by atoms with van der Waals surface area (Å²) < 4.78 is 0. The average Bonchev–Trinajstić information content (AvgIpc) is 2.84. The number of aliphatic hydroxyl groups is 1. The van der Waals surface area contributed by atoms with Crippen LogP contribution in [0.25, 0.3) is 0 Å². The van der Waals surface area contributed by atoms with Crippen LogP contribution in [0.5, 0.6) is 0 Å². The average molecular weight is 211 g/mol. The van der Waals surface area contributed by atoms with E-state index in [0.717, 1.165) is 51.7 Å². The van der Waals surface area contributed by atoms with Gasteiger partial charge in [-0.3, -0.25) is 4.79 Å². The van der Waals surface area contributed by atoms with Gasteiger partial charge >= 0.3 is 0 Å². The Bertz CT molecular complexity index is 230. The predicted octanol–water partition coefficient (Wildman–Crippen LogP) is 1.06. The minimum absolute atomic E-state index is 0.318. The minimum Gasteiger partial charge on any atom is -0.396 e. The molecule has 0 spiro atoms. The summed E-state index contributed by atoms with van der Waals surface area (Å²) in [5.74, 6) is 1.30. The number of nitrogens with zero attached hydrogens (tertiary/aromatic N) is 1. The Hall–Kier alpha value is -0.410. The summed E-state index contributed by atoms with van der Waals surface area (Å²) in [6, 6.07) is 0. The van der Waals surface area contributed by atoms with E-state index < -0.39 is 0 Å². The van der Waals surface area contributed by atoms with E-state index in [2.05, 4.69) is 4.90 Å². The zero-order chi connectivity index (χ0) is 10.7. The van der Waals surface area contributed by atoms with Gasteiger partial charge < -0.3 is 10.0 Å². The van der Waals surface area contributed by atoms with Gasteiger partial charge in [0.1, 0.15) is 5.78 Å². The molecule has 1 N–H and O–H groups in total. The Morgan fingerprint density at radius 1 is 1.40 bits per heavy atom. The molecule has 0 bridgehead atoms. The fourth-order valence-electron chi connectivity index (χ4n) is 2.80. The fourth-order valence-corrected chi connectivity index (χ4v) is 2.80. The summed E-state index contributed by atoms with van der Waals surface area (Å²) in [5.41, 5.74) is 0. The SMILES string of the molecule is O=C1CCCC1CCN1CCC(CO)C1. The minimum atomic E-state index is 0.318. The van der Waals surface area contributed by atoms with Crippen LogP contribution >= 0.6 is 0 Å². The van der Waals surface area contributed by atoms with E-state index in [0.29, 0.717) is 24.2 Å². The van der Waals surface area contributed by atoms with Crippen LogP contribution in [-0.2, 0) is 4.79 Å². The van der Waals surface area contributed by atoms with Gasteiger partial charge in [-0.05, 0) is 44.7 Å². The Morgan fingerprint density at radius 2 is 2.27 bits per heavy atom. The van der Waals surface area contributed by atoms with Gasteiger partial charge in [-0.15, -0.1) is 0 Å². The smallest absolute Gasteiger partial charge is 0.136 e. The highest BCUT2D eigenvalue weighted by atomic mass is 16.3. The maximum Gasteiger partial charge on any atom is 0.136 e. The first-order chi connectivity index (χ1) is 7.29. The van der Waals surface area contributed by atoms with Crippen molar-refractivity contribution in [2.45, 2.75) is 32.1 Å². The highest BCUT2D eigenvalue weighted by Gasteiger charge is 2.26. The van der Waals surface area contributed by atoms with Gasteiger partial charge in [0.2, 0.25) is 0 Å². The zero-order valence-corrected chi connectivity index (χ0v) is 9.32. The monoisotopic (exact) mass is 211 g/mol. The number of hydrogen-bond donors (Lipinski definition) is 1. The lowest BCUT2D eigenvalue weighted by atomic mass is 10.0. The molecule has 1 heterocycles. The van der Waals surface area contributed by atoms with Crippen molar-refractivity contribution in [3.05, 3.63) is 0 Å². The maximum absolute atomic E-state index is 11.4. The number of likely N-dealkylation sites (tertiary alicyclic amines) is 1. The first kappa shape index (κ1) is 11.1. The van der Waals surface area contributed by atoms with E-state index in [1.165, 1.54) is 0 Å². The third kappa shape index (κ3) is 2.79. The molecule has 1 aliphatic heterocycles. The van der Waals surface area contributed by atoms with Gasteiger partial charge in [-0.25, -0.2) is 0 Å². The zero-order valence-electron chi connectivity index (χ0n) is 9.32. The summed E-state index contributed by atoms with van der Waals surface area (Å²) in [4.78, 5) is 13.8. The standard InChI is InChI=1S/C12H21NO2/c14-9-10-4-6-13(8-10)7-5-11-2-1-3-12(11)15/h10-11,14H,1-9H2. The second-order valence-electron chi connectivity index (χ2n) is 4.98. The molecule has 2 atom stereocenters. The van der Waals surface area contributed by atoms with Crippen molar-refractivity contribution >= 4 is 5.78 Å². The van der Waals surface area contributed by atoms with Crippen molar-refractivity contribution in [1.29, 1.82) is 0 Å². The molecule has 3 nitrogen and oxygen atoms in total. The van der Waals surface area contributed by atoms with Crippen LogP contribution < -0.4 is 0 Å². The van der Waals surface area contributed by atoms with Crippen LogP contribution in [0.3, 0.4) is 0 Å². The largest absolute Gasteiger partial charge is 0.396 e. The highest BCUT2D eigenvalue weighted by Crippen LogP contribution is 2.25. The van der Waals surface area contributed by atoms with Crippen LogP contribution in [0.2, 0.25) is 0 Å². The van der Waals surface area contributed by atoms with Crippen LogP contribution in [0, 0.1) is 11.8 Å².